The number of carbonyl (C=O) groups is 1. The van der Waals surface area contributed by atoms with E-state index < -0.39 is 0 Å². The van der Waals surface area contributed by atoms with E-state index in [0.717, 1.165) is 45.9 Å². The molecule has 2 aliphatic rings. The molecule has 0 radical (unpaired) electrons. The number of rotatable bonds is 8. The quantitative estimate of drug-likeness (QED) is 0.754. The van der Waals surface area contributed by atoms with E-state index in [4.69, 9.17) is 4.74 Å². The van der Waals surface area contributed by atoms with Gasteiger partial charge in [-0.15, -0.1) is 11.3 Å². The summed E-state index contributed by atoms with van der Waals surface area (Å²) in [4.78, 5) is 18.7. The molecular weight excluding hydrogens is 346 g/mol. The van der Waals surface area contributed by atoms with Crippen LogP contribution in [-0.2, 0) is 16.1 Å². The van der Waals surface area contributed by atoms with Crippen LogP contribution in [-0.4, -0.2) is 67.2 Å². The minimum Gasteiger partial charge on any atom is -0.379 e. The van der Waals surface area contributed by atoms with E-state index in [1.54, 1.807) is 11.3 Å². The standard InChI is InChI=1S/C20H33N3O2S/c1-2-22(15-18-7-6-14-26-18)16-19(24)21-17-20(8-4-3-5-9-20)23-10-12-25-13-11-23/h6-7,14H,2-5,8-13,15-17H2,1H3,(H,21,24). The van der Waals surface area contributed by atoms with Crippen LogP contribution in [0.5, 0.6) is 0 Å². The molecule has 0 bridgehead atoms. The molecule has 1 saturated carbocycles. The maximum absolute atomic E-state index is 12.6. The average molecular weight is 380 g/mol. The molecule has 2 heterocycles. The fourth-order valence-electron chi connectivity index (χ4n) is 4.28. The highest BCUT2D eigenvalue weighted by Gasteiger charge is 2.38. The van der Waals surface area contributed by atoms with Crippen molar-refractivity contribution in [3.05, 3.63) is 22.4 Å². The summed E-state index contributed by atoms with van der Waals surface area (Å²) in [5, 5.41) is 5.37. The summed E-state index contributed by atoms with van der Waals surface area (Å²) in [5.41, 5.74) is 0.141. The van der Waals surface area contributed by atoms with E-state index in [9.17, 15) is 4.79 Å². The Kier molecular flexibility index (Phi) is 7.49. The summed E-state index contributed by atoms with van der Waals surface area (Å²) in [6.45, 7) is 8.76. The van der Waals surface area contributed by atoms with Crippen LogP contribution in [0.15, 0.2) is 17.5 Å². The van der Waals surface area contributed by atoms with Gasteiger partial charge in [0, 0.05) is 36.6 Å². The number of carbonyl (C=O) groups excluding carboxylic acids is 1. The molecule has 26 heavy (non-hydrogen) atoms. The molecule has 146 valence electrons. The van der Waals surface area contributed by atoms with E-state index in [0.29, 0.717) is 6.54 Å². The molecule has 1 N–H and O–H groups in total. The minimum absolute atomic E-state index is 0.141. The number of nitrogens with one attached hydrogen (secondary N) is 1. The second kappa shape index (κ2) is 9.83. The third-order valence-corrected chi connectivity index (χ3v) is 6.72. The van der Waals surface area contributed by atoms with Gasteiger partial charge in [0.2, 0.25) is 5.91 Å². The molecule has 1 aliphatic carbocycles. The van der Waals surface area contributed by atoms with Crippen molar-refractivity contribution in [3.8, 4) is 0 Å². The third kappa shape index (κ3) is 5.28. The first-order chi connectivity index (χ1) is 12.7. The van der Waals surface area contributed by atoms with Gasteiger partial charge in [0.15, 0.2) is 0 Å². The second-order valence-corrected chi connectivity index (χ2v) is 8.58. The van der Waals surface area contributed by atoms with Gasteiger partial charge in [0.05, 0.1) is 19.8 Å². The van der Waals surface area contributed by atoms with Crippen molar-refractivity contribution >= 4 is 17.2 Å². The van der Waals surface area contributed by atoms with Crippen LogP contribution < -0.4 is 5.32 Å². The van der Waals surface area contributed by atoms with Gasteiger partial charge >= 0.3 is 0 Å². The van der Waals surface area contributed by atoms with E-state index in [2.05, 4.69) is 39.6 Å². The fraction of sp³-hybridized carbons (Fsp3) is 0.750. The first-order valence-electron chi connectivity index (χ1n) is 10.1. The number of thiophene rings is 1. The zero-order valence-corrected chi connectivity index (χ0v) is 16.9. The third-order valence-electron chi connectivity index (χ3n) is 5.85. The van der Waals surface area contributed by atoms with Crippen molar-refractivity contribution < 1.29 is 9.53 Å². The summed E-state index contributed by atoms with van der Waals surface area (Å²) in [6.07, 6.45) is 6.25. The van der Waals surface area contributed by atoms with E-state index in [1.807, 2.05) is 0 Å². The van der Waals surface area contributed by atoms with Crippen molar-refractivity contribution in [2.75, 3.05) is 45.9 Å². The van der Waals surface area contributed by atoms with Crippen molar-refractivity contribution in [2.45, 2.75) is 51.1 Å². The lowest BCUT2D eigenvalue weighted by Gasteiger charge is -2.48. The molecule has 0 atom stereocenters. The van der Waals surface area contributed by atoms with Crippen LogP contribution in [0.4, 0.5) is 0 Å². The van der Waals surface area contributed by atoms with Crippen molar-refractivity contribution in [1.82, 2.24) is 15.1 Å². The zero-order valence-electron chi connectivity index (χ0n) is 16.0. The summed E-state index contributed by atoms with van der Waals surface area (Å²) < 4.78 is 5.54. The molecule has 1 aromatic heterocycles. The number of ether oxygens (including phenoxy) is 1. The van der Waals surface area contributed by atoms with Crippen molar-refractivity contribution in [2.24, 2.45) is 0 Å². The molecule has 2 fully saturated rings. The lowest BCUT2D eigenvalue weighted by molar-refractivity contribution is -0.123. The number of amides is 1. The Morgan fingerprint density at radius 2 is 2.08 bits per heavy atom. The van der Waals surface area contributed by atoms with Crippen molar-refractivity contribution in [3.63, 3.8) is 0 Å². The first-order valence-corrected chi connectivity index (χ1v) is 10.9. The monoisotopic (exact) mass is 379 g/mol. The summed E-state index contributed by atoms with van der Waals surface area (Å²) in [6, 6.07) is 4.21. The van der Waals surface area contributed by atoms with Gasteiger partial charge < -0.3 is 10.1 Å². The molecule has 1 saturated heterocycles. The SMILES string of the molecule is CCN(CC(=O)NCC1(N2CCOCC2)CCCCC1)Cc1cccs1. The number of hydrogen-bond donors (Lipinski definition) is 1. The largest absolute Gasteiger partial charge is 0.379 e. The Labute approximate surface area is 161 Å². The molecule has 3 rings (SSSR count). The fourth-order valence-corrected chi connectivity index (χ4v) is 5.02. The van der Waals surface area contributed by atoms with Gasteiger partial charge in [-0.25, -0.2) is 0 Å². The summed E-state index contributed by atoms with van der Waals surface area (Å²) in [5.74, 6) is 0.154. The molecule has 1 aromatic rings. The molecule has 1 aliphatic heterocycles. The van der Waals surface area contributed by atoms with E-state index >= 15 is 0 Å². The van der Waals surface area contributed by atoms with Crippen LogP contribution >= 0.6 is 11.3 Å². The predicted molar refractivity (Wildman–Crippen MR) is 106 cm³/mol. The highest BCUT2D eigenvalue weighted by atomic mass is 32.1. The van der Waals surface area contributed by atoms with Crippen molar-refractivity contribution in [1.29, 1.82) is 0 Å². The molecule has 0 spiro atoms. The Hall–Kier alpha value is -0.950. The maximum Gasteiger partial charge on any atom is 0.234 e. The van der Waals surface area contributed by atoms with Gasteiger partial charge in [-0.3, -0.25) is 14.6 Å². The van der Waals surface area contributed by atoms with Gasteiger partial charge in [0.1, 0.15) is 0 Å². The highest BCUT2D eigenvalue weighted by Crippen LogP contribution is 2.33. The topological polar surface area (TPSA) is 44.8 Å². The summed E-state index contributed by atoms with van der Waals surface area (Å²) >= 11 is 1.76. The number of morpholine rings is 1. The molecule has 0 aromatic carbocycles. The van der Waals surface area contributed by atoms with E-state index in [-0.39, 0.29) is 11.4 Å². The summed E-state index contributed by atoms with van der Waals surface area (Å²) in [7, 11) is 0. The number of likely N-dealkylation sites (N-methyl/N-ethyl adjacent to an activating group) is 1. The Morgan fingerprint density at radius 1 is 1.31 bits per heavy atom. The molecular formula is C20H33N3O2S. The van der Waals surface area contributed by atoms with Gasteiger partial charge in [-0.1, -0.05) is 32.3 Å². The van der Waals surface area contributed by atoms with Crippen LogP contribution in [0.3, 0.4) is 0 Å². The zero-order chi connectivity index (χ0) is 18.2. The molecule has 5 nitrogen and oxygen atoms in total. The highest BCUT2D eigenvalue weighted by molar-refractivity contribution is 7.09. The molecule has 0 unspecified atom stereocenters. The van der Waals surface area contributed by atoms with Gasteiger partial charge in [-0.2, -0.15) is 0 Å². The minimum atomic E-state index is 0.141. The first kappa shape index (κ1) is 19.8. The smallest absolute Gasteiger partial charge is 0.234 e. The van der Waals surface area contributed by atoms with Crippen LogP contribution in [0.1, 0.15) is 43.9 Å². The lowest BCUT2D eigenvalue weighted by Crippen LogP contribution is -2.60. The lowest BCUT2D eigenvalue weighted by atomic mass is 9.79. The van der Waals surface area contributed by atoms with Crippen LogP contribution in [0, 0.1) is 0 Å². The Bertz CT molecular complexity index is 537. The number of hydrogen-bond acceptors (Lipinski definition) is 5. The van der Waals surface area contributed by atoms with Gasteiger partial charge in [-0.05, 0) is 30.8 Å². The van der Waals surface area contributed by atoms with Crippen LogP contribution in [0.25, 0.3) is 0 Å². The van der Waals surface area contributed by atoms with Gasteiger partial charge in [0.25, 0.3) is 0 Å². The molecule has 1 amide bonds. The predicted octanol–water partition coefficient (Wildman–Crippen LogP) is 2.72. The van der Waals surface area contributed by atoms with Crippen LogP contribution in [0.2, 0.25) is 0 Å². The Balaban J connectivity index is 1.53. The maximum atomic E-state index is 12.6. The van der Waals surface area contributed by atoms with E-state index in [1.165, 1.54) is 37.0 Å². The normalized spacial score (nSPS) is 21.0. The molecule has 6 heteroatoms. The Morgan fingerprint density at radius 3 is 2.73 bits per heavy atom. The second-order valence-electron chi connectivity index (χ2n) is 7.54. The average Bonchev–Trinajstić information content (AvgIpc) is 3.20. The number of nitrogens with zero attached hydrogens (tertiary/aromatic N) is 2.